The predicted molar refractivity (Wildman–Crippen MR) is 86.4 cm³/mol. The molecule has 2 amide bonds. The summed E-state index contributed by atoms with van der Waals surface area (Å²) in [5.41, 5.74) is 7.97. The third kappa shape index (κ3) is 2.61. The molecule has 1 aliphatic heterocycles. The first kappa shape index (κ1) is 14.3. The van der Waals surface area contributed by atoms with Gasteiger partial charge in [0.1, 0.15) is 6.04 Å². The molecule has 2 saturated carbocycles. The van der Waals surface area contributed by atoms with Crippen molar-refractivity contribution in [3.05, 3.63) is 34.9 Å². The van der Waals surface area contributed by atoms with Crippen LogP contribution in [-0.2, 0) is 4.79 Å². The summed E-state index contributed by atoms with van der Waals surface area (Å²) in [4.78, 5) is 26.4. The van der Waals surface area contributed by atoms with E-state index >= 15 is 0 Å². The third-order valence-corrected chi connectivity index (χ3v) is 5.10. The molecule has 0 spiro atoms. The van der Waals surface area contributed by atoms with E-state index in [0.29, 0.717) is 23.9 Å². The SMILES string of the molecule is Cc1ccc(C(=O)N2C[C@H]3C[C@H]3[C@H]2C(N)=O)c(C#CC2CC2)c1. The van der Waals surface area contributed by atoms with Gasteiger partial charge in [-0.15, -0.1) is 0 Å². The largest absolute Gasteiger partial charge is 0.368 e. The standard InChI is InChI=1S/C19H20N2O2/c1-11-2-7-15(13(8-11)6-5-12-3-4-12)19(23)21-10-14-9-16(14)17(21)18(20)22/h2,7-8,12,14,16-17H,3-4,9-10H2,1H3,(H2,20,22)/t14-,16-,17+/m1/s1. The Labute approximate surface area is 136 Å². The molecule has 1 aromatic carbocycles. The van der Waals surface area contributed by atoms with E-state index in [2.05, 4.69) is 11.8 Å². The lowest BCUT2D eigenvalue weighted by atomic mass is 10.0. The van der Waals surface area contributed by atoms with Crippen LogP contribution in [0.1, 0.15) is 40.7 Å². The molecular formula is C19H20N2O2. The van der Waals surface area contributed by atoms with E-state index < -0.39 is 6.04 Å². The second-order valence-corrected chi connectivity index (χ2v) is 7.06. The van der Waals surface area contributed by atoms with Crippen LogP contribution in [0.3, 0.4) is 0 Å². The van der Waals surface area contributed by atoms with E-state index in [-0.39, 0.29) is 17.7 Å². The Kier molecular flexibility index (Phi) is 3.19. The van der Waals surface area contributed by atoms with Gasteiger partial charge in [-0.05, 0) is 55.7 Å². The second kappa shape index (κ2) is 5.13. The minimum atomic E-state index is -0.446. The number of amides is 2. The molecule has 4 nitrogen and oxygen atoms in total. The topological polar surface area (TPSA) is 63.4 Å². The fourth-order valence-electron chi connectivity index (χ4n) is 3.55. The maximum atomic E-state index is 13.0. The summed E-state index contributed by atoms with van der Waals surface area (Å²) < 4.78 is 0. The first-order valence-corrected chi connectivity index (χ1v) is 8.27. The van der Waals surface area contributed by atoms with Crippen LogP contribution in [-0.4, -0.2) is 29.3 Å². The van der Waals surface area contributed by atoms with E-state index in [1.165, 1.54) is 0 Å². The van der Waals surface area contributed by atoms with Crippen molar-refractivity contribution in [2.75, 3.05) is 6.54 Å². The number of hydrogen-bond acceptors (Lipinski definition) is 2. The number of aryl methyl sites for hydroxylation is 1. The summed E-state index contributed by atoms with van der Waals surface area (Å²) in [5.74, 6) is 7.10. The van der Waals surface area contributed by atoms with E-state index in [1.807, 2.05) is 25.1 Å². The number of rotatable bonds is 2. The molecule has 1 saturated heterocycles. The van der Waals surface area contributed by atoms with Gasteiger partial charge in [-0.3, -0.25) is 9.59 Å². The van der Waals surface area contributed by atoms with Gasteiger partial charge in [0.25, 0.3) is 5.91 Å². The van der Waals surface area contributed by atoms with Crippen molar-refractivity contribution in [2.24, 2.45) is 23.5 Å². The number of benzene rings is 1. The molecule has 23 heavy (non-hydrogen) atoms. The smallest absolute Gasteiger partial charge is 0.255 e. The van der Waals surface area contributed by atoms with Crippen molar-refractivity contribution in [3.63, 3.8) is 0 Å². The number of carbonyl (C=O) groups excluding carboxylic acids is 2. The number of nitrogens with zero attached hydrogens (tertiary/aromatic N) is 1. The highest BCUT2D eigenvalue weighted by molar-refractivity contribution is 6.00. The van der Waals surface area contributed by atoms with Gasteiger partial charge in [0.2, 0.25) is 5.91 Å². The summed E-state index contributed by atoms with van der Waals surface area (Å²) in [6.07, 6.45) is 3.32. The fourth-order valence-corrected chi connectivity index (χ4v) is 3.55. The van der Waals surface area contributed by atoms with Crippen molar-refractivity contribution in [1.82, 2.24) is 4.90 Å². The number of nitrogens with two attached hydrogens (primary N) is 1. The van der Waals surface area contributed by atoms with Crippen LogP contribution in [0.2, 0.25) is 0 Å². The average Bonchev–Trinajstić information content (AvgIpc) is 3.43. The molecule has 3 fully saturated rings. The second-order valence-electron chi connectivity index (χ2n) is 7.06. The zero-order valence-electron chi connectivity index (χ0n) is 13.2. The maximum Gasteiger partial charge on any atom is 0.255 e. The molecule has 1 heterocycles. The number of piperidine rings is 1. The molecule has 4 heteroatoms. The number of likely N-dealkylation sites (tertiary alicyclic amines) is 1. The zero-order valence-corrected chi connectivity index (χ0v) is 13.2. The van der Waals surface area contributed by atoms with Crippen LogP contribution in [0.15, 0.2) is 18.2 Å². The third-order valence-electron chi connectivity index (χ3n) is 5.10. The molecule has 0 radical (unpaired) electrons. The molecular weight excluding hydrogens is 288 g/mol. The molecule has 0 unspecified atom stereocenters. The van der Waals surface area contributed by atoms with E-state index in [1.54, 1.807) is 4.90 Å². The van der Waals surface area contributed by atoms with Crippen LogP contribution in [0.25, 0.3) is 0 Å². The van der Waals surface area contributed by atoms with E-state index in [0.717, 1.165) is 30.4 Å². The molecule has 118 valence electrons. The fraction of sp³-hybridized carbons (Fsp3) is 0.474. The van der Waals surface area contributed by atoms with Crippen LogP contribution in [0.4, 0.5) is 0 Å². The number of fused-ring (bicyclic) bond motifs is 1. The van der Waals surface area contributed by atoms with E-state index in [4.69, 9.17) is 5.73 Å². The van der Waals surface area contributed by atoms with Crippen molar-refractivity contribution >= 4 is 11.8 Å². The van der Waals surface area contributed by atoms with Gasteiger partial charge in [-0.2, -0.15) is 0 Å². The van der Waals surface area contributed by atoms with Crippen molar-refractivity contribution in [3.8, 4) is 11.8 Å². The average molecular weight is 308 g/mol. The Morgan fingerprint density at radius 2 is 2.09 bits per heavy atom. The van der Waals surface area contributed by atoms with Gasteiger partial charge >= 0.3 is 0 Å². The Bertz CT molecular complexity index is 754. The number of hydrogen-bond donors (Lipinski definition) is 1. The molecule has 0 aromatic heterocycles. The number of carbonyl (C=O) groups is 2. The Balaban J connectivity index is 1.66. The number of primary amides is 1. The predicted octanol–water partition coefficient (Wildman–Crippen LogP) is 1.70. The molecule has 3 aliphatic rings. The monoisotopic (exact) mass is 308 g/mol. The van der Waals surface area contributed by atoms with Gasteiger partial charge in [-0.25, -0.2) is 0 Å². The van der Waals surface area contributed by atoms with Crippen molar-refractivity contribution < 1.29 is 9.59 Å². The summed E-state index contributed by atoms with van der Waals surface area (Å²) in [6.45, 7) is 2.63. The molecule has 2 aliphatic carbocycles. The molecule has 2 N–H and O–H groups in total. The zero-order chi connectivity index (χ0) is 16.1. The Morgan fingerprint density at radius 3 is 2.78 bits per heavy atom. The lowest BCUT2D eigenvalue weighted by molar-refractivity contribution is -0.122. The van der Waals surface area contributed by atoms with Crippen LogP contribution < -0.4 is 5.73 Å². The first-order chi connectivity index (χ1) is 11.0. The maximum absolute atomic E-state index is 13.0. The van der Waals surface area contributed by atoms with Gasteiger partial charge in [0.05, 0.1) is 5.56 Å². The normalized spacial score (nSPS) is 27.9. The highest BCUT2D eigenvalue weighted by atomic mass is 16.2. The van der Waals surface area contributed by atoms with Crippen molar-refractivity contribution in [2.45, 2.75) is 32.2 Å². The molecule has 1 aromatic rings. The Morgan fingerprint density at radius 1 is 1.30 bits per heavy atom. The van der Waals surface area contributed by atoms with Crippen molar-refractivity contribution in [1.29, 1.82) is 0 Å². The summed E-state index contributed by atoms with van der Waals surface area (Å²) in [5, 5.41) is 0. The lowest BCUT2D eigenvalue weighted by Crippen LogP contribution is -2.46. The van der Waals surface area contributed by atoms with Gasteiger partial charge in [0, 0.05) is 18.0 Å². The highest BCUT2D eigenvalue weighted by Crippen LogP contribution is 2.49. The summed E-state index contributed by atoms with van der Waals surface area (Å²) in [7, 11) is 0. The summed E-state index contributed by atoms with van der Waals surface area (Å²) in [6, 6.07) is 5.26. The summed E-state index contributed by atoms with van der Waals surface area (Å²) >= 11 is 0. The first-order valence-electron chi connectivity index (χ1n) is 8.27. The van der Waals surface area contributed by atoms with Gasteiger partial charge in [-0.1, -0.05) is 17.9 Å². The minimum Gasteiger partial charge on any atom is -0.368 e. The van der Waals surface area contributed by atoms with E-state index in [9.17, 15) is 9.59 Å². The highest BCUT2D eigenvalue weighted by Gasteiger charge is 2.56. The van der Waals surface area contributed by atoms with Crippen LogP contribution in [0, 0.1) is 36.5 Å². The van der Waals surface area contributed by atoms with Crippen LogP contribution >= 0.6 is 0 Å². The Hall–Kier alpha value is -2.28. The quantitative estimate of drug-likeness (QED) is 0.845. The molecule has 3 atom stereocenters. The lowest BCUT2D eigenvalue weighted by Gasteiger charge is -2.25. The van der Waals surface area contributed by atoms with Gasteiger partial charge in [0.15, 0.2) is 0 Å². The van der Waals surface area contributed by atoms with Crippen LogP contribution in [0.5, 0.6) is 0 Å². The minimum absolute atomic E-state index is 0.110. The molecule has 4 rings (SSSR count). The molecule has 0 bridgehead atoms. The van der Waals surface area contributed by atoms with Gasteiger partial charge < -0.3 is 10.6 Å².